The van der Waals surface area contributed by atoms with Crippen molar-refractivity contribution in [3.05, 3.63) is 0 Å². The standard InChI is InChI=1S/C16H32N4O/c1-6-16(8-7-9-16)12-19-15(17-10-13(2)3)18-11-14(21)20(4)5/h13H,6-12H2,1-5H3,(H2,17,18,19). The first-order valence-corrected chi connectivity index (χ1v) is 8.11. The molecule has 2 N–H and O–H groups in total. The molecule has 0 aromatic heterocycles. The van der Waals surface area contributed by atoms with Crippen LogP contribution in [0.4, 0.5) is 0 Å². The van der Waals surface area contributed by atoms with E-state index in [9.17, 15) is 4.79 Å². The molecule has 5 heteroatoms. The van der Waals surface area contributed by atoms with Crippen molar-refractivity contribution < 1.29 is 4.79 Å². The van der Waals surface area contributed by atoms with Crippen molar-refractivity contribution in [2.45, 2.75) is 46.5 Å². The summed E-state index contributed by atoms with van der Waals surface area (Å²) in [6.45, 7) is 8.59. The highest BCUT2D eigenvalue weighted by molar-refractivity contribution is 5.84. The van der Waals surface area contributed by atoms with E-state index >= 15 is 0 Å². The SMILES string of the molecule is CCC1(CNC(=NCC(=O)N(C)C)NCC(C)C)CCC1. The van der Waals surface area contributed by atoms with E-state index in [1.54, 1.807) is 19.0 Å². The minimum Gasteiger partial charge on any atom is -0.356 e. The van der Waals surface area contributed by atoms with Crippen molar-refractivity contribution in [1.29, 1.82) is 0 Å². The molecule has 0 aromatic rings. The lowest BCUT2D eigenvalue weighted by Gasteiger charge is -2.41. The first-order chi connectivity index (χ1) is 9.88. The Morgan fingerprint density at radius 1 is 1.29 bits per heavy atom. The van der Waals surface area contributed by atoms with Gasteiger partial charge in [-0.1, -0.05) is 27.2 Å². The van der Waals surface area contributed by atoms with Gasteiger partial charge < -0.3 is 15.5 Å². The molecule has 0 saturated heterocycles. The van der Waals surface area contributed by atoms with Crippen LogP contribution in [0.5, 0.6) is 0 Å². The van der Waals surface area contributed by atoms with E-state index in [0.717, 1.165) is 19.0 Å². The van der Waals surface area contributed by atoms with E-state index < -0.39 is 0 Å². The molecule has 0 atom stereocenters. The highest BCUT2D eigenvalue weighted by Crippen LogP contribution is 2.42. The second kappa shape index (κ2) is 8.25. The molecule has 5 nitrogen and oxygen atoms in total. The van der Waals surface area contributed by atoms with Gasteiger partial charge in [-0.3, -0.25) is 4.79 Å². The zero-order valence-corrected chi connectivity index (χ0v) is 14.3. The van der Waals surface area contributed by atoms with Gasteiger partial charge in [0.15, 0.2) is 5.96 Å². The van der Waals surface area contributed by atoms with Gasteiger partial charge in [-0.05, 0) is 30.6 Å². The number of aliphatic imine (C=N–C) groups is 1. The third kappa shape index (κ3) is 5.94. The Labute approximate surface area is 129 Å². The van der Waals surface area contributed by atoms with E-state index in [-0.39, 0.29) is 12.5 Å². The Balaban J connectivity index is 2.54. The van der Waals surface area contributed by atoms with Gasteiger partial charge in [0.25, 0.3) is 0 Å². The minimum atomic E-state index is 0.0227. The number of nitrogens with one attached hydrogen (secondary N) is 2. The Bertz CT molecular complexity index is 354. The number of likely N-dealkylation sites (N-methyl/N-ethyl adjacent to an activating group) is 1. The summed E-state index contributed by atoms with van der Waals surface area (Å²) in [4.78, 5) is 17.7. The predicted molar refractivity (Wildman–Crippen MR) is 88.4 cm³/mol. The highest BCUT2D eigenvalue weighted by Gasteiger charge is 2.34. The number of carbonyl (C=O) groups is 1. The summed E-state index contributed by atoms with van der Waals surface area (Å²) in [5, 5.41) is 6.76. The van der Waals surface area contributed by atoms with Gasteiger partial charge in [0.05, 0.1) is 0 Å². The van der Waals surface area contributed by atoms with Crippen LogP contribution in [0.15, 0.2) is 4.99 Å². The average molecular weight is 296 g/mol. The zero-order chi connectivity index (χ0) is 15.9. The fourth-order valence-electron chi connectivity index (χ4n) is 2.37. The van der Waals surface area contributed by atoms with Gasteiger partial charge in [0, 0.05) is 27.2 Å². The number of carbonyl (C=O) groups excluding carboxylic acids is 1. The van der Waals surface area contributed by atoms with E-state index in [1.165, 1.54) is 25.7 Å². The summed E-state index contributed by atoms with van der Waals surface area (Å²) < 4.78 is 0. The molecule has 1 fully saturated rings. The van der Waals surface area contributed by atoms with E-state index in [2.05, 4.69) is 36.4 Å². The minimum absolute atomic E-state index is 0.0227. The van der Waals surface area contributed by atoms with Gasteiger partial charge in [-0.25, -0.2) is 4.99 Å². The fraction of sp³-hybridized carbons (Fsp3) is 0.875. The molecular formula is C16H32N4O. The van der Waals surface area contributed by atoms with Crippen LogP contribution in [0, 0.1) is 11.3 Å². The van der Waals surface area contributed by atoms with E-state index in [4.69, 9.17) is 0 Å². The molecule has 122 valence electrons. The lowest BCUT2D eigenvalue weighted by atomic mass is 9.67. The molecule has 0 heterocycles. The molecule has 1 amide bonds. The summed E-state index contributed by atoms with van der Waals surface area (Å²) in [7, 11) is 3.51. The first kappa shape index (κ1) is 17.8. The molecule has 0 aromatic carbocycles. The van der Waals surface area contributed by atoms with Crippen molar-refractivity contribution in [3.8, 4) is 0 Å². The normalized spacial score (nSPS) is 17.3. The lowest BCUT2D eigenvalue weighted by molar-refractivity contribution is -0.127. The third-order valence-corrected chi connectivity index (χ3v) is 4.34. The van der Waals surface area contributed by atoms with Crippen molar-refractivity contribution in [3.63, 3.8) is 0 Å². The second-order valence-corrected chi connectivity index (χ2v) is 6.79. The average Bonchev–Trinajstić information content (AvgIpc) is 2.39. The van der Waals surface area contributed by atoms with Gasteiger partial charge >= 0.3 is 0 Å². The van der Waals surface area contributed by atoms with Crippen LogP contribution in [0.3, 0.4) is 0 Å². The van der Waals surface area contributed by atoms with Gasteiger partial charge in [-0.2, -0.15) is 0 Å². The van der Waals surface area contributed by atoms with Crippen LogP contribution in [0.1, 0.15) is 46.5 Å². The smallest absolute Gasteiger partial charge is 0.243 e. The molecule has 0 unspecified atom stereocenters. The lowest BCUT2D eigenvalue weighted by Crippen LogP contribution is -2.47. The molecule has 21 heavy (non-hydrogen) atoms. The first-order valence-electron chi connectivity index (χ1n) is 8.11. The molecule has 1 rings (SSSR count). The van der Waals surface area contributed by atoms with Gasteiger partial charge in [0.1, 0.15) is 6.54 Å². The van der Waals surface area contributed by atoms with Crippen LogP contribution in [-0.2, 0) is 4.79 Å². The summed E-state index contributed by atoms with van der Waals surface area (Å²) in [6.07, 6.45) is 5.13. The highest BCUT2D eigenvalue weighted by atomic mass is 16.2. The molecule has 1 aliphatic rings. The van der Waals surface area contributed by atoms with Gasteiger partial charge in [-0.15, -0.1) is 0 Å². The van der Waals surface area contributed by atoms with Gasteiger partial charge in [0.2, 0.25) is 5.91 Å². The number of amides is 1. The molecule has 0 spiro atoms. The van der Waals surface area contributed by atoms with E-state index in [0.29, 0.717) is 11.3 Å². The zero-order valence-electron chi connectivity index (χ0n) is 14.3. The Morgan fingerprint density at radius 2 is 1.95 bits per heavy atom. The second-order valence-electron chi connectivity index (χ2n) is 6.79. The van der Waals surface area contributed by atoms with Crippen LogP contribution in [0.2, 0.25) is 0 Å². The summed E-state index contributed by atoms with van der Waals surface area (Å²) in [6, 6.07) is 0. The predicted octanol–water partition coefficient (Wildman–Crippen LogP) is 1.85. The number of guanidine groups is 1. The van der Waals surface area contributed by atoms with Crippen molar-refractivity contribution >= 4 is 11.9 Å². The molecule has 0 aliphatic heterocycles. The van der Waals surface area contributed by atoms with Crippen LogP contribution in [0.25, 0.3) is 0 Å². The maximum Gasteiger partial charge on any atom is 0.243 e. The fourth-order valence-corrected chi connectivity index (χ4v) is 2.37. The Morgan fingerprint density at radius 3 is 2.38 bits per heavy atom. The summed E-state index contributed by atoms with van der Waals surface area (Å²) >= 11 is 0. The van der Waals surface area contributed by atoms with Crippen molar-refractivity contribution in [2.75, 3.05) is 33.7 Å². The number of hydrogen-bond donors (Lipinski definition) is 2. The Kier molecular flexibility index (Phi) is 6.99. The number of rotatable bonds is 7. The van der Waals surface area contributed by atoms with Crippen LogP contribution >= 0.6 is 0 Å². The van der Waals surface area contributed by atoms with Crippen molar-refractivity contribution in [1.82, 2.24) is 15.5 Å². The summed E-state index contributed by atoms with van der Waals surface area (Å²) in [5.74, 6) is 1.33. The monoisotopic (exact) mass is 296 g/mol. The summed E-state index contributed by atoms with van der Waals surface area (Å²) in [5.41, 5.74) is 0.436. The maximum absolute atomic E-state index is 11.7. The van der Waals surface area contributed by atoms with E-state index in [1.807, 2.05) is 0 Å². The Hall–Kier alpha value is -1.26. The topological polar surface area (TPSA) is 56.7 Å². The quantitative estimate of drug-likeness (QED) is 0.557. The van der Waals surface area contributed by atoms with Crippen molar-refractivity contribution in [2.24, 2.45) is 16.3 Å². The number of nitrogens with zero attached hydrogens (tertiary/aromatic N) is 2. The van der Waals surface area contributed by atoms with Crippen LogP contribution < -0.4 is 10.6 Å². The third-order valence-electron chi connectivity index (χ3n) is 4.34. The maximum atomic E-state index is 11.7. The molecule has 0 bridgehead atoms. The largest absolute Gasteiger partial charge is 0.356 e. The molecule has 0 radical (unpaired) electrons. The molecule has 1 saturated carbocycles. The molecule has 1 aliphatic carbocycles. The number of hydrogen-bond acceptors (Lipinski definition) is 2. The van der Waals surface area contributed by atoms with Crippen LogP contribution in [-0.4, -0.2) is 50.5 Å². The molecular weight excluding hydrogens is 264 g/mol.